The van der Waals surface area contributed by atoms with Gasteiger partial charge in [-0.1, -0.05) is 103 Å². The molecular formula is C20H22Si. The van der Waals surface area contributed by atoms with Crippen molar-refractivity contribution in [1.82, 2.24) is 0 Å². The van der Waals surface area contributed by atoms with Crippen LogP contribution in [0.3, 0.4) is 0 Å². The molecule has 0 heterocycles. The fourth-order valence-corrected chi connectivity index (χ4v) is 6.72. The van der Waals surface area contributed by atoms with E-state index in [2.05, 4.69) is 86.3 Å². The first kappa shape index (κ1) is 14.1. The molecule has 2 aromatic rings. The largest absolute Gasteiger partial charge is 0.115 e. The Morgan fingerprint density at radius 3 is 2.10 bits per heavy atom. The zero-order chi connectivity index (χ0) is 14.7. The number of hydrogen-bond acceptors (Lipinski definition) is 0. The van der Waals surface area contributed by atoms with Gasteiger partial charge in [-0.2, -0.15) is 0 Å². The Bertz CT molecular complexity index is 667. The normalized spacial score (nSPS) is 17.0. The van der Waals surface area contributed by atoms with Gasteiger partial charge in [-0.05, 0) is 17.6 Å². The molecule has 0 saturated heterocycles. The van der Waals surface area contributed by atoms with E-state index in [0.717, 1.165) is 6.42 Å². The Labute approximate surface area is 128 Å². The van der Waals surface area contributed by atoms with E-state index in [1.54, 1.807) is 10.4 Å². The van der Waals surface area contributed by atoms with Crippen molar-refractivity contribution in [3.63, 3.8) is 0 Å². The van der Waals surface area contributed by atoms with E-state index in [9.17, 15) is 0 Å². The van der Waals surface area contributed by atoms with Gasteiger partial charge < -0.3 is 0 Å². The monoisotopic (exact) mass is 290 g/mol. The molecule has 0 N–H and O–H groups in total. The zero-order valence-electron chi connectivity index (χ0n) is 12.8. The molecule has 1 aliphatic carbocycles. The molecule has 3 rings (SSSR count). The predicted octanol–water partition coefficient (Wildman–Crippen LogP) is 4.95. The Hall–Kier alpha value is -1.86. The van der Waals surface area contributed by atoms with E-state index in [1.165, 1.54) is 17.2 Å². The van der Waals surface area contributed by atoms with Gasteiger partial charge in [0.15, 0.2) is 0 Å². The lowest BCUT2D eigenvalue weighted by atomic mass is 10.1. The van der Waals surface area contributed by atoms with Crippen LogP contribution < -0.4 is 5.19 Å². The molecule has 106 valence electrons. The second-order valence-electron chi connectivity index (χ2n) is 5.89. The smallest absolute Gasteiger partial charge is 0.0804 e. The van der Waals surface area contributed by atoms with Gasteiger partial charge in [-0.25, -0.2) is 0 Å². The van der Waals surface area contributed by atoms with Crippen LogP contribution in [-0.4, -0.2) is 8.07 Å². The molecule has 0 saturated carbocycles. The van der Waals surface area contributed by atoms with Crippen molar-refractivity contribution >= 4 is 18.8 Å². The summed E-state index contributed by atoms with van der Waals surface area (Å²) in [4.78, 5) is 0. The third-order valence-electron chi connectivity index (χ3n) is 4.73. The lowest BCUT2D eigenvalue weighted by Gasteiger charge is -2.30. The van der Waals surface area contributed by atoms with Crippen LogP contribution in [0.2, 0.25) is 12.6 Å². The van der Waals surface area contributed by atoms with Crippen LogP contribution in [0.4, 0.5) is 0 Å². The van der Waals surface area contributed by atoms with Gasteiger partial charge >= 0.3 is 0 Å². The second-order valence-corrected chi connectivity index (χ2v) is 10.4. The summed E-state index contributed by atoms with van der Waals surface area (Å²) in [5, 5.41) is 3.16. The molecule has 1 aliphatic rings. The maximum absolute atomic E-state index is 2.51. The lowest BCUT2D eigenvalue weighted by molar-refractivity contribution is 1.37. The van der Waals surface area contributed by atoms with Gasteiger partial charge in [-0.3, -0.25) is 0 Å². The minimum Gasteiger partial charge on any atom is -0.0804 e. The summed E-state index contributed by atoms with van der Waals surface area (Å²) in [5.74, 6) is 0. The Kier molecular flexibility index (Phi) is 3.93. The molecule has 0 nitrogen and oxygen atoms in total. The summed E-state index contributed by atoms with van der Waals surface area (Å²) in [5.41, 5.74) is 2.83. The fraction of sp³-hybridized carbons (Fsp3) is 0.200. The van der Waals surface area contributed by atoms with Crippen molar-refractivity contribution in [2.75, 3.05) is 0 Å². The molecule has 0 bridgehead atoms. The van der Waals surface area contributed by atoms with Gasteiger partial charge in [0, 0.05) is 0 Å². The third kappa shape index (κ3) is 2.54. The summed E-state index contributed by atoms with van der Waals surface area (Å²) in [6.07, 6.45) is 5.94. The molecule has 0 amide bonds. The summed E-state index contributed by atoms with van der Waals surface area (Å²) in [6, 6.07) is 23.2. The van der Waals surface area contributed by atoms with E-state index in [4.69, 9.17) is 0 Å². The third-order valence-corrected chi connectivity index (χ3v) is 9.42. The number of allylic oxidation sites excluding steroid dienone is 4. The zero-order valence-corrected chi connectivity index (χ0v) is 13.8. The van der Waals surface area contributed by atoms with Crippen molar-refractivity contribution < 1.29 is 0 Å². The SMILES string of the molecule is CC[Si](C)(C1=CCC=C1c1ccccc1)c1ccccc1. The van der Waals surface area contributed by atoms with Crippen LogP contribution in [0.1, 0.15) is 18.9 Å². The maximum Gasteiger partial charge on any atom is 0.115 e. The van der Waals surface area contributed by atoms with Crippen LogP contribution in [0.15, 0.2) is 78.0 Å². The van der Waals surface area contributed by atoms with E-state index in [-0.39, 0.29) is 0 Å². The Morgan fingerprint density at radius 1 is 0.857 bits per heavy atom. The van der Waals surface area contributed by atoms with E-state index < -0.39 is 8.07 Å². The highest BCUT2D eigenvalue weighted by Gasteiger charge is 2.35. The highest BCUT2D eigenvalue weighted by atomic mass is 28.3. The first-order chi connectivity index (χ1) is 10.3. The highest BCUT2D eigenvalue weighted by Crippen LogP contribution is 2.36. The van der Waals surface area contributed by atoms with Gasteiger partial charge in [0.2, 0.25) is 0 Å². The minimum absolute atomic E-state index is 1.08. The molecule has 0 radical (unpaired) electrons. The van der Waals surface area contributed by atoms with E-state index in [0.29, 0.717) is 0 Å². The van der Waals surface area contributed by atoms with Crippen molar-refractivity contribution in [2.45, 2.75) is 25.9 Å². The van der Waals surface area contributed by atoms with E-state index >= 15 is 0 Å². The van der Waals surface area contributed by atoms with Crippen molar-refractivity contribution in [3.8, 4) is 0 Å². The van der Waals surface area contributed by atoms with Crippen LogP contribution in [0.25, 0.3) is 5.57 Å². The Morgan fingerprint density at radius 2 is 1.48 bits per heavy atom. The van der Waals surface area contributed by atoms with Crippen molar-refractivity contribution in [1.29, 1.82) is 0 Å². The van der Waals surface area contributed by atoms with Crippen molar-refractivity contribution in [3.05, 3.63) is 83.6 Å². The molecule has 1 heteroatoms. The van der Waals surface area contributed by atoms with Crippen LogP contribution in [0, 0.1) is 0 Å². The van der Waals surface area contributed by atoms with Crippen LogP contribution in [-0.2, 0) is 0 Å². The topological polar surface area (TPSA) is 0 Å². The summed E-state index contributed by atoms with van der Waals surface area (Å²) < 4.78 is 0. The molecule has 0 aliphatic heterocycles. The molecule has 2 aromatic carbocycles. The van der Waals surface area contributed by atoms with Gasteiger partial charge in [0.05, 0.1) is 0 Å². The Balaban J connectivity index is 2.04. The standard InChI is InChI=1S/C20H22Si/c1-3-21(2,18-13-8-5-9-14-18)20-16-10-15-19(20)17-11-6-4-7-12-17/h4-9,11-16H,3,10H2,1-2H3. The molecule has 1 unspecified atom stereocenters. The number of benzene rings is 2. The predicted molar refractivity (Wildman–Crippen MR) is 95.3 cm³/mol. The summed E-state index contributed by atoms with van der Waals surface area (Å²) >= 11 is 0. The lowest BCUT2D eigenvalue weighted by Crippen LogP contribution is -2.46. The molecule has 1 atom stereocenters. The average Bonchev–Trinajstić information content (AvgIpc) is 3.06. The van der Waals surface area contributed by atoms with Crippen LogP contribution >= 0.6 is 0 Å². The molecule has 0 aromatic heterocycles. The van der Waals surface area contributed by atoms with Gasteiger partial charge in [0.1, 0.15) is 8.07 Å². The first-order valence-electron chi connectivity index (χ1n) is 7.78. The molecule has 21 heavy (non-hydrogen) atoms. The minimum atomic E-state index is -1.62. The van der Waals surface area contributed by atoms with Crippen molar-refractivity contribution in [2.24, 2.45) is 0 Å². The number of rotatable bonds is 4. The maximum atomic E-state index is 2.51. The summed E-state index contributed by atoms with van der Waals surface area (Å²) in [7, 11) is -1.62. The molecule has 0 spiro atoms. The highest BCUT2D eigenvalue weighted by molar-refractivity contribution is 6.98. The van der Waals surface area contributed by atoms with E-state index in [1.807, 2.05) is 0 Å². The molecule has 0 fully saturated rings. The first-order valence-corrected chi connectivity index (χ1v) is 10.5. The number of hydrogen-bond donors (Lipinski definition) is 0. The van der Waals surface area contributed by atoms with Gasteiger partial charge in [0.25, 0.3) is 0 Å². The average molecular weight is 290 g/mol. The quantitative estimate of drug-likeness (QED) is 0.699. The van der Waals surface area contributed by atoms with Gasteiger partial charge in [-0.15, -0.1) is 0 Å². The van der Waals surface area contributed by atoms with Crippen LogP contribution in [0.5, 0.6) is 0 Å². The summed E-state index contributed by atoms with van der Waals surface area (Å²) in [6.45, 7) is 4.86. The molecular weight excluding hydrogens is 268 g/mol. The second kappa shape index (κ2) is 5.86. The fourth-order valence-electron chi connectivity index (χ4n) is 3.28.